The summed E-state index contributed by atoms with van der Waals surface area (Å²) in [5.74, 6) is -0.867. The molecule has 5 heteroatoms. The van der Waals surface area contributed by atoms with Crippen LogP contribution in [-0.4, -0.2) is 23.6 Å². The molecule has 3 rings (SSSR count). The Morgan fingerprint density at radius 1 is 0.774 bits per heavy atom. The van der Waals surface area contributed by atoms with Gasteiger partial charge in [-0.1, -0.05) is 74.5 Å². The fourth-order valence-corrected chi connectivity index (χ4v) is 3.30. The number of hydrogen-bond acceptors (Lipinski definition) is 3. The Bertz CT molecular complexity index is 1090. The summed E-state index contributed by atoms with van der Waals surface area (Å²) >= 11 is 0. The van der Waals surface area contributed by atoms with Crippen LogP contribution in [0.1, 0.15) is 45.7 Å². The van der Waals surface area contributed by atoms with E-state index >= 15 is 0 Å². The third-order valence-corrected chi connectivity index (χ3v) is 5.05. The molecule has 0 radical (unpaired) electrons. The zero-order valence-electron chi connectivity index (χ0n) is 17.9. The van der Waals surface area contributed by atoms with E-state index in [1.54, 1.807) is 48.5 Å². The van der Waals surface area contributed by atoms with Crippen molar-refractivity contribution in [2.75, 3.05) is 5.32 Å². The molecule has 158 valence electrons. The maximum atomic E-state index is 12.9. The second kappa shape index (κ2) is 9.85. The number of ketones is 1. The molecule has 0 aromatic heterocycles. The Morgan fingerprint density at radius 3 is 2.10 bits per heavy atom. The minimum absolute atomic E-state index is 0.120. The predicted octanol–water partition coefficient (Wildman–Crippen LogP) is 4.62. The molecule has 1 unspecified atom stereocenters. The molecule has 0 fully saturated rings. The first-order valence-electron chi connectivity index (χ1n) is 10.2. The molecule has 0 aliphatic rings. The molecule has 1 atom stereocenters. The van der Waals surface area contributed by atoms with E-state index in [4.69, 9.17) is 0 Å². The van der Waals surface area contributed by atoms with Gasteiger partial charge in [-0.2, -0.15) is 0 Å². The summed E-state index contributed by atoms with van der Waals surface area (Å²) < 4.78 is 0. The van der Waals surface area contributed by atoms with Gasteiger partial charge in [0, 0.05) is 22.4 Å². The van der Waals surface area contributed by atoms with Crippen LogP contribution in [0.3, 0.4) is 0 Å². The molecular formula is C26H26N2O3. The highest BCUT2D eigenvalue weighted by Crippen LogP contribution is 2.17. The molecule has 2 N–H and O–H groups in total. The first kappa shape index (κ1) is 22.0. The average molecular weight is 415 g/mol. The summed E-state index contributed by atoms with van der Waals surface area (Å²) in [5, 5.41) is 5.67. The maximum Gasteiger partial charge on any atom is 0.252 e. The minimum Gasteiger partial charge on any atom is -0.340 e. The maximum absolute atomic E-state index is 12.9. The largest absolute Gasteiger partial charge is 0.340 e. The Morgan fingerprint density at radius 2 is 1.42 bits per heavy atom. The van der Waals surface area contributed by atoms with Crippen molar-refractivity contribution in [3.63, 3.8) is 0 Å². The third-order valence-electron chi connectivity index (χ3n) is 5.05. The highest BCUT2D eigenvalue weighted by molar-refractivity contribution is 6.10. The molecule has 0 saturated heterocycles. The summed E-state index contributed by atoms with van der Waals surface area (Å²) in [6.45, 7) is 5.60. The molecule has 5 nitrogen and oxygen atoms in total. The molecule has 3 aromatic carbocycles. The van der Waals surface area contributed by atoms with Crippen LogP contribution in [-0.2, 0) is 4.79 Å². The quantitative estimate of drug-likeness (QED) is 0.554. The van der Waals surface area contributed by atoms with E-state index in [0.29, 0.717) is 22.4 Å². The molecule has 31 heavy (non-hydrogen) atoms. The van der Waals surface area contributed by atoms with Gasteiger partial charge in [-0.3, -0.25) is 14.4 Å². The molecule has 0 spiro atoms. The molecule has 0 heterocycles. The van der Waals surface area contributed by atoms with Crippen LogP contribution < -0.4 is 10.6 Å². The molecule has 2 amide bonds. The Hall–Kier alpha value is -3.73. The van der Waals surface area contributed by atoms with Gasteiger partial charge in [0.15, 0.2) is 5.78 Å². The van der Waals surface area contributed by atoms with Crippen LogP contribution in [0.5, 0.6) is 0 Å². The third kappa shape index (κ3) is 5.45. The lowest BCUT2D eigenvalue weighted by atomic mass is 10.0. The van der Waals surface area contributed by atoms with Gasteiger partial charge >= 0.3 is 0 Å². The number of benzene rings is 3. The lowest BCUT2D eigenvalue weighted by molar-refractivity contribution is -0.118. The van der Waals surface area contributed by atoms with Crippen molar-refractivity contribution < 1.29 is 14.4 Å². The molecular weight excluding hydrogens is 388 g/mol. The first-order chi connectivity index (χ1) is 14.9. The van der Waals surface area contributed by atoms with Crippen molar-refractivity contribution in [3.05, 3.63) is 101 Å². The zero-order chi connectivity index (χ0) is 22.4. The highest BCUT2D eigenvalue weighted by atomic mass is 16.2. The molecule has 0 bridgehead atoms. The molecule has 0 saturated carbocycles. The van der Waals surface area contributed by atoms with Crippen molar-refractivity contribution in [3.8, 4) is 0 Å². The van der Waals surface area contributed by atoms with Crippen LogP contribution >= 0.6 is 0 Å². The van der Waals surface area contributed by atoms with Crippen molar-refractivity contribution in [1.82, 2.24) is 5.32 Å². The second-order valence-electron chi connectivity index (χ2n) is 7.78. The van der Waals surface area contributed by atoms with Crippen molar-refractivity contribution in [2.24, 2.45) is 5.92 Å². The van der Waals surface area contributed by atoms with Crippen LogP contribution in [0.4, 0.5) is 5.69 Å². The monoisotopic (exact) mass is 414 g/mol. The first-order valence-corrected chi connectivity index (χ1v) is 10.2. The number of hydrogen-bond donors (Lipinski definition) is 2. The number of aryl methyl sites for hydroxylation is 1. The van der Waals surface area contributed by atoms with E-state index in [0.717, 1.165) is 5.56 Å². The molecule has 3 aromatic rings. The molecule has 0 aliphatic heterocycles. The van der Waals surface area contributed by atoms with Gasteiger partial charge in [-0.25, -0.2) is 0 Å². The van der Waals surface area contributed by atoms with Crippen LogP contribution in [0.2, 0.25) is 0 Å². The van der Waals surface area contributed by atoms with Crippen molar-refractivity contribution >= 4 is 23.3 Å². The van der Waals surface area contributed by atoms with Gasteiger partial charge < -0.3 is 10.6 Å². The van der Waals surface area contributed by atoms with Gasteiger partial charge in [0.2, 0.25) is 5.91 Å². The smallest absolute Gasteiger partial charge is 0.252 e. The van der Waals surface area contributed by atoms with E-state index in [1.165, 1.54) is 0 Å². The summed E-state index contributed by atoms with van der Waals surface area (Å²) in [5.41, 5.74) is 2.94. The highest BCUT2D eigenvalue weighted by Gasteiger charge is 2.25. The number of anilines is 1. The lowest BCUT2D eigenvalue weighted by Crippen LogP contribution is -2.47. The van der Waals surface area contributed by atoms with Gasteiger partial charge in [0.1, 0.15) is 6.04 Å². The summed E-state index contributed by atoms with van der Waals surface area (Å²) in [7, 11) is 0. The summed E-state index contributed by atoms with van der Waals surface area (Å²) in [6.07, 6.45) is 0. The standard InChI is InChI=1S/C26H26N2O3/c1-17(2)23(28-25(30)22-15-8-7-10-18(22)3)26(31)27-21-14-9-13-20(16-21)24(29)19-11-5-4-6-12-19/h4-17,23H,1-3H3,(H,27,31)(H,28,30). The van der Waals surface area contributed by atoms with Gasteiger partial charge in [0.25, 0.3) is 5.91 Å². The Kier molecular flexibility index (Phi) is 6.98. The predicted molar refractivity (Wildman–Crippen MR) is 122 cm³/mol. The van der Waals surface area contributed by atoms with Gasteiger partial charge in [0.05, 0.1) is 0 Å². The number of nitrogens with one attached hydrogen (secondary N) is 2. The van der Waals surface area contributed by atoms with E-state index < -0.39 is 6.04 Å². The van der Waals surface area contributed by atoms with Crippen LogP contribution in [0, 0.1) is 12.8 Å². The lowest BCUT2D eigenvalue weighted by Gasteiger charge is -2.22. The average Bonchev–Trinajstić information content (AvgIpc) is 2.77. The number of carbonyl (C=O) groups excluding carboxylic acids is 3. The number of amides is 2. The summed E-state index contributed by atoms with van der Waals surface area (Å²) in [6, 6.07) is 22.3. The topological polar surface area (TPSA) is 75.3 Å². The Balaban J connectivity index is 1.75. The molecule has 0 aliphatic carbocycles. The van der Waals surface area contributed by atoms with Gasteiger partial charge in [-0.15, -0.1) is 0 Å². The van der Waals surface area contributed by atoms with E-state index in [1.807, 2.05) is 51.1 Å². The normalized spacial score (nSPS) is 11.6. The fourth-order valence-electron chi connectivity index (χ4n) is 3.30. The van der Waals surface area contributed by atoms with Crippen LogP contribution in [0.15, 0.2) is 78.9 Å². The Labute approximate surface area is 182 Å². The van der Waals surface area contributed by atoms with E-state index in [2.05, 4.69) is 10.6 Å². The summed E-state index contributed by atoms with van der Waals surface area (Å²) in [4.78, 5) is 38.3. The fraction of sp³-hybridized carbons (Fsp3) is 0.192. The van der Waals surface area contributed by atoms with E-state index in [-0.39, 0.29) is 23.5 Å². The van der Waals surface area contributed by atoms with Gasteiger partial charge in [-0.05, 0) is 36.6 Å². The van der Waals surface area contributed by atoms with Crippen molar-refractivity contribution in [2.45, 2.75) is 26.8 Å². The zero-order valence-corrected chi connectivity index (χ0v) is 17.9. The minimum atomic E-state index is -0.722. The number of rotatable bonds is 7. The van der Waals surface area contributed by atoms with Crippen LogP contribution in [0.25, 0.3) is 0 Å². The number of carbonyl (C=O) groups is 3. The van der Waals surface area contributed by atoms with E-state index in [9.17, 15) is 14.4 Å². The SMILES string of the molecule is Cc1ccccc1C(=O)NC(C(=O)Nc1cccc(C(=O)c2ccccc2)c1)C(C)C. The second-order valence-corrected chi connectivity index (χ2v) is 7.78. The van der Waals surface area contributed by atoms with Crippen molar-refractivity contribution in [1.29, 1.82) is 0 Å².